The predicted octanol–water partition coefficient (Wildman–Crippen LogP) is 4.15. The molecule has 0 saturated carbocycles. The van der Waals surface area contributed by atoms with E-state index in [0.717, 1.165) is 11.1 Å². The van der Waals surface area contributed by atoms with Gasteiger partial charge in [-0.1, -0.05) is 61.9 Å². The quantitative estimate of drug-likeness (QED) is 0.376. The van der Waals surface area contributed by atoms with Crippen LogP contribution in [0.1, 0.15) is 37.8 Å². The van der Waals surface area contributed by atoms with E-state index in [-0.39, 0.29) is 43.4 Å². The summed E-state index contributed by atoms with van der Waals surface area (Å²) in [4.78, 5) is 13.1. The third-order valence-corrected chi connectivity index (χ3v) is 9.07. The Morgan fingerprint density at radius 3 is 2.45 bits per heavy atom. The number of hydrogen-bond acceptors (Lipinski definition) is 7. The molecule has 2 aromatic carbocycles. The number of nitrogens with zero attached hydrogens (tertiary/aromatic N) is 1. The van der Waals surface area contributed by atoms with Gasteiger partial charge in [0.15, 0.2) is 6.29 Å². The minimum atomic E-state index is -3.93. The second kappa shape index (κ2) is 12.6. The first-order chi connectivity index (χ1) is 18.8. The molecule has 1 N–H and O–H groups in total. The molecule has 11 heteroatoms. The monoisotopic (exact) mass is 581 g/mol. The van der Waals surface area contributed by atoms with Crippen molar-refractivity contribution in [3.63, 3.8) is 0 Å². The lowest BCUT2D eigenvalue weighted by Crippen LogP contribution is -2.43. The molecule has 0 aliphatic carbocycles. The van der Waals surface area contributed by atoms with Gasteiger partial charge in [-0.2, -0.15) is 13.1 Å². The van der Waals surface area contributed by atoms with Crippen molar-refractivity contribution in [2.24, 2.45) is 17.8 Å². The normalized spacial score (nSPS) is 23.8. The molecule has 220 valence electrons. The highest BCUT2D eigenvalue weighted by Crippen LogP contribution is 2.44. The minimum absolute atomic E-state index is 0.0213. The van der Waals surface area contributed by atoms with E-state index in [9.17, 15) is 27.1 Å². The van der Waals surface area contributed by atoms with Crippen molar-refractivity contribution >= 4 is 16.0 Å². The predicted molar refractivity (Wildman–Crippen MR) is 143 cm³/mol. The molecular weight excluding hydrogens is 544 g/mol. The van der Waals surface area contributed by atoms with Crippen molar-refractivity contribution in [2.75, 3.05) is 19.7 Å². The molecule has 8 nitrogen and oxygen atoms in total. The van der Waals surface area contributed by atoms with Crippen LogP contribution in [0.2, 0.25) is 0 Å². The molecule has 0 amide bonds. The van der Waals surface area contributed by atoms with E-state index in [0.29, 0.717) is 0 Å². The number of alkyl halides is 2. The molecule has 2 saturated heterocycles. The highest BCUT2D eigenvalue weighted by Gasteiger charge is 2.56. The standard InChI is InChI=1S/C29H37F2NO7S/c1-19(2)16-32(40(35,36)23-11-9-20(3)10-12-23)17-25(33)22(13-21-7-5-4-6-8-21)14-27(34)38-26-18-37-28-24(26)15-29(30,31)39-28/h4-12,19,22,24-26,28,33H,13-18H2,1-3H3/t22-,24-,25-,26-,28-/m1/s1. The van der Waals surface area contributed by atoms with Crippen LogP contribution in [0.4, 0.5) is 8.78 Å². The molecule has 5 atom stereocenters. The molecule has 2 aliphatic heterocycles. The summed E-state index contributed by atoms with van der Waals surface area (Å²) in [7, 11) is -3.93. The van der Waals surface area contributed by atoms with Gasteiger partial charge in [0.05, 0.1) is 36.4 Å². The fourth-order valence-electron chi connectivity index (χ4n) is 5.16. The minimum Gasteiger partial charge on any atom is -0.459 e. The largest absolute Gasteiger partial charge is 0.459 e. The van der Waals surface area contributed by atoms with Crippen LogP contribution < -0.4 is 0 Å². The number of benzene rings is 2. The average Bonchev–Trinajstić information content (AvgIpc) is 3.38. The number of hydrogen-bond donors (Lipinski definition) is 1. The molecular formula is C29H37F2NO7S. The van der Waals surface area contributed by atoms with Gasteiger partial charge in [-0.25, -0.2) is 8.42 Å². The number of rotatable bonds is 12. The maximum Gasteiger partial charge on any atom is 0.358 e. The Balaban J connectivity index is 1.50. The van der Waals surface area contributed by atoms with Gasteiger partial charge in [0.2, 0.25) is 10.0 Å². The summed E-state index contributed by atoms with van der Waals surface area (Å²) in [5.74, 6) is -2.18. The van der Waals surface area contributed by atoms with Gasteiger partial charge in [0, 0.05) is 19.0 Å². The van der Waals surface area contributed by atoms with Gasteiger partial charge < -0.3 is 14.6 Å². The summed E-state index contributed by atoms with van der Waals surface area (Å²) < 4.78 is 71.0. The molecule has 40 heavy (non-hydrogen) atoms. The van der Waals surface area contributed by atoms with Crippen LogP contribution in [0.5, 0.6) is 0 Å². The van der Waals surface area contributed by atoms with E-state index in [4.69, 9.17) is 9.47 Å². The Morgan fingerprint density at radius 1 is 1.12 bits per heavy atom. The van der Waals surface area contributed by atoms with E-state index in [1.54, 1.807) is 12.1 Å². The summed E-state index contributed by atoms with van der Waals surface area (Å²) in [6.07, 6.45) is -7.12. The molecule has 2 aromatic rings. The van der Waals surface area contributed by atoms with E-state index >= 15 is 0 Å². The zero-order valence-corrected chi connectivity index (χ0v) is 23.7. The van der Waals surface area contributed by atoms with E-state index in [2.05, 4.69) is 4.74 Å². The first-order valence-electron chi connectivity index (χ1n) is 13.5. The van der Waals surface area contributed by atoms with Crippen molar-refractivity contribution < 1.29 is 41.3 Å². The summed E-state index contributed by atoms with van der Waals surface area (Å²) in [6, 6.07) is 15.7. The van der Waals surface area contributed by atoms with Gasteiger partial charge in [-0.3, -0.25) is 9.53 Å². The van der Waals surface area contributed by atoms with Crippen molar-refractivity contribution in [1.29, 1.82) is 0 Å². The number of esters is 1. The first kappa shape index (κ1) is 30.5. The number of aliphatic hydroxyl groups excluding tert-OH is 1. The summed E-state index contributed by atoms with van der Waals surface area (Å²) >= 11 is 0. The number of carbonyl (C=O) groups excluding carboxylic acids is 1. The maximum absolute atomic E-state index is 13.7. The molecule has 2 fully saturated rings. The van der Waals surface area contributed by atoms with Crippen molar-refractivity contribution in [1.82, 2.24) is 4.31 Å². The molecule has 2 heterocycles. The van der Waals surface area contributed by atoms with Crippen LogP contribution >= 0.6 is 0 Å². The van der Waals surface area contributed by atoms with Crippen LogP contribution in [0.3, 0.4) is 0 Å². The van der Waals surface area contributed by atoms with E-state index < -0.39 is 58.9 Å². The molecule has 0 unspecified atom stereocenters. The number of ether oxygens (including phenoxy) is 3. The SMILES string of the molecule is Cc1ccc(S(=O)(=O)N(CC(C)C)C[C@@H](O)[C@@H](CC(=O)O[C@@H]2CO[C@@H]3OC(F)(F)C[C@@H]32)Cc2ccccc2)cc1. The zero-order chi connectivity index (χ0) is 29.1. The lowest BCUT2D eigenvalue weighted by Gasteiger charge is -2.30. The second-order valence-electron chi connectivity index (χ2n) is 11.1. The smallest absolute Gasteiger partial charge is 0.358 e. The molecule has 0 aromatic heterocycles. The van der Waals surface area contributed by atoms with Crippen LogP contribution in [0.25, 0.3) is 0 Å². The maximum atomic E-state index is 13.7. The highest BCUT2D eigenvalue weighted by atomic mass is 32.2. The molecule has 0 bridgehead atoms. The lowest BCUT2D eigenvalue weighted by molar-refractivity contribution is -0.270. The Labute approximate surface area is 234 Å². The van der Waals surface area contributed by atoms with Crippen LogP contribution in [-0.2, 0) is 35.4 Å². The third kappa shape index (κ3) is 7.64. The Morgan fingerprint density at radius 2 is 1.80 bits per heavy atom. The van der Waals surface area contributed by atoms with Crippen molar-refractivity contribution in [2.45, 2.75) is 69.5 Å². The highest BCUT2D eigenvalue weighted by molar-refractivity contribution is 7.89. The number of halogens is 2. The van der Waals surface area contributed by atoms with Crippen LogP contribution in [-0.4, -0.2) is 68.1 Å². The molecule has 0 spiro atoms. The molecule has 0 radical (unpaired) electrons. The van der Waals surface area contributed by atoms with Crippen LogP contribution in [0.15, 0.2) is 59.5 Å². The van der Waals surface area contributed by atoms with Crippen LogP contribution in [0, 0.1) is 24.7 Å². The fourth-order valence-corrected chi connectivity index (χ4v) is 6.78. The fraction of sp³-hybridized carbons (Fsp3) is 0.552. The van der Waals surface area contributed by atoms with Gasteiger partial charge >= 0.3 is 12.1 Å². The van der Waals surface area contributed by atoms with E-state index in [1.807, 2.05) is 51.1 Å². The number of aliphatic hydroxyl groups is 1. The van der Waals surface area contributed by atoms with Gasteiger partial charge in [0.1, 0.15) is 6.10 Å². The average molecular weight is 582 g/mol. The van der Waals surface area contributed by atoms with Gasteiger partial charge in [-0.15, -0.1) is 0 Å². The van der Waals surface area contributed by atoms with Gasteiger partial charge in [-0.05, 0) is 37.0 Å². The van der Waals surface area contributed by atoms with E-state index in [1.165, 1.54) is 16.4 Å². The molecule has 2 aliphatic rings. The summed E-state index contributed by atoms with van der Waals surface area (Å²) in [5.41, 5.74) is 1.77. The summed E-state index contributed by atoms with van der Waals surface area (Å²) in [6.45, 7) is 5.53. The van der Waals surface area contributed by atoms with Crippen molar-refractivity contribution in [3.05, 3.63) is 65.7 Å². The molecule has 4 rings (SSSR count). The lowest BCUT2D eigenvalue weighted by atomic mass is 9.90. The Kier molecular flexibility index (Phi) is 9.62. The number of carbonyl (C=O) groups is 1. The number of fused-ring (bicyclic) bond motifs is 1. The third-order valence-electron chi connectivity index (χ3n) is 7.23. The van der Waals surface area contributed by atoms with Gasteiger partial charge in [0.25, 0.3) is 0 Å². The number of aryl methyl sites for hydroxylation is 1. The number of sulfonamides is 1. The summed E-state index contributed by atoms with van der Waals surface area (Å²) in [5, 5.41) is 11.4. The Hall–Kier alpha value is -2.44. The zero-order valence-electron chi connectivity index (χ0n) is 22.9. The topological polar surface area (TPSA) is 102 Å². The van der Waals surface area contributed by atoms with Crippen molar-refractivity contribution in [3.8, 4) is 0 Å². The Bertz CT molecular complexity index is 1240. The second-order valence-corrected chi connectivity index (χ2v) is 13.0. The first-order valence-corrected chi connectivity index (χ1v) is 14.9.